The highest BCUT2D eigenvalue weighted by Crippen LogP contribution is 2.40. The zero-order valence-corrected chi connectivity index (χ0v) is 15.6. The molecule has 2 aliphatic rings. The number of hydrogen-bond donors (Lipinski definition) is 0. The topological polar surface area (TPSA) is 99.6 Å². The van der Waals surface area contributed by atoms with Crippen molar-refractivity contribution in [1.29, 1.82) is 0 Å². The van der Waals surface area contributed by atoms with Crippen molar-refractivity contribution >= 4 is 5.91 Å². The third kappa shape index (κ3) is 3.41. The molecular formula is C18H23N9O. The van der Waals surface area contributed by atoms with Crippen LogP contribution in [0.5, 0.6) is 0 Å². The molecule has 1 aliphatic heterocycles. The second-order valence-corrected chi connectivity index (χ2v) is 7.53. The minimum atomic E-state index is 0.0686. The normalized spacial score (nSPS) is 17.9. The zero-order chi connectivity index (χ0) is 18.9. The van der Waals surface area contributed by atoms with Gasteiger partial charge in [0.2, 0.25) is 5.91 Å². The molecule has 146 valence electrons. The Morgan fingerprint density at radius 2 is 1.82 bits per heavy atom. The average molecular weight is 381 g/mol. The molecule has 0 bridgehead atoms. The van der Waals surface area contributed by atoms with Crippen molar-refractivity contribution in [1.82, 2.24) is 44.2 Å². The Kier molecular flexibility index (Phi) is 4.38. The van der Waals surface area contributed by atoms with Crippen molar-refractivity contribution in [2.24, 2.45) is 0 Å². The minimum absolute atomic E-state index is 0.0686. The van der Waals surface area contributed by atoms with Crippen molar-refractivity contribution in [3.05, 3.63) is 42.8 Å². The molecule has 0 spiro atoms. The van der Waals surface area contributed by atoms with Gasteiger partial charge in [0.25, 0.3) is 0 Å². The van der Waals surface area contributed by atoms with Gasteiger partial charge in [0.1, 0.15) is 12.4 Å². The molecule has 4 heterocycles. The molecule has 28 heavy (non-hydrogen) atoms. The third-order valence-electron chi connectivity index (χ3n) is 5.54. The molecule has 0 unspecified atom stereocenters. The fourth-order valence-corrected chi connectivity index (χ4v) is 3.93. The third-order valence-corrected chi connectivity index (χ3v) is 5.54. The zero-order valence-electron chi connectivity index (χ0n) is 15.6. The summed E-state index contributed by atoms with van der Waals surface area (Å²) < 4.78 is 4.37. The lowest BCUT2D eigenvalue weighted by atomic mass is 9.95. The Hall–Kier alpha value is -3.04. The van der Waals surface area contributed by atoms with Crippen LogP contribution >= 0.6 is 0 Å². The number of amides is 1. The maximum atomic E-state index is 12.5. The van der Waals surface area contributed by atoms with Gasteiger partial charge in [-0.05, 0) is 25.7 Å². The molecule has 0 radical (unpaired) electrons. The molecule has 1 saturated heterocycles. The van der Waals surface area contributed by atoms with Gasteiger partial charge in [-0.2, -0.15) is 15.0 Å². The van der Waals surface area contributed by atoms with E-state index in [0.29, 0.717) is 18.5 Å². The van der Waals surface area contributed by atoms with E-state index in [9.17, 15) is 4.79 Å². The maximum Gasteiger partial charge on any atom is 0.246 e. The molecule has 1 amide bonds. The summed E-state index contributed by atoms with van der Waals surface area (Å²) in [5, 5.41) is 17.1. The van der Waals surface area contributed by atoms with Gasteiger partial charge in [0.05, 0.1) is 25.3 Å². The van der Waals surface area contributed by atoms with E-state index in [4.69, 9.17) is 0 Å². The van der Waals surface area contributed by atoms with E-state index in [-0.39, 0.29) is 12.5 Å². The van der Waals surface area contributed by atoms with Crippen LogP contribution in [0.15, 0.2) is 31.1 Å². The van der Waals surface area contributed by atoms with Gasteiger partial charge in [0, 0.05) is 37.4 Å². The number of aromatic nitrogens is 8. The van der Waals surface area contributed by atoms with E-state index in [1.165, 1.54) is 17.6 Å². The highest BCUT2D eigenvalue weighted by Gasteiger charge is 2.34. The van der Waals surface area contributed by atoms with Gasteiger partial charge in [-0.1, -0.05) is 0 Å². The lowest BCUT2D eigenvalue weighted by molar-refractivity contribution is -0.133. The summed E-state index contributed by atoms with van der Waals surface area (Å²) in [5.74, 6) is 2.49. The molecule has 3 aromatic heterocycles. The van der Waals surface area contributed by atoms with E-state index in [1.54, 1.807) is 18.6 Å². The number of nitrogens with zero attached hydrogens (tertiary/aromatic N) is 9. The average Bonchev–Trinajstić information content (AvgIpc) is 3.11. The smallest absolute Gasteiger partial charge is 0.246 e. The van der Waals surface area contributed by atoms with Gasteiger partial charge in [-0.15, -0.1) is 10.2 Å². The molecule has 10 nitrogen and oxygen atoms in total. The summed E-state index contributed by atoms with van der Waals surface area (Å²) in [6, 6.07) is 0.522. The Morgan fingerprint density at radius 1 is 1.04 bits per heavy atom. The summed E-state index contributed by atoms with van der Waals surface area (Å²) >= 11 is 0. The Bertz CT molecular complexity index is 919. The maximum absolute atomic E-state index is 12.5. The van der Waals surface area contributed by atoms with E-state index in [1.807, 2.05) is 22.0 Å². The molecule has 1 saturated carbocycles. The van der Waals surface area contributed by atoms with Gasteiger partial charge in [-0.25, -0.2) is 4.98 Å². The molecule has 1 aliphatic carbocycles. The fourth-order valence-electron chi connectivity index (χ4n) is 3.93. The molecular weight excluding hydrogens is 358 g/mol. The summed E-state index contributed by atoms with van der Waals surface area (Å²) in [5.41, 5.74) is 0. The quantitative estimate of drug-likeness (QED) is 0.628. The number of carbonyl (C=O) groups excluding carboxylic acids is 1. The SMILES string of the molecule is O=C(Cn1nccn1)N1CCC(c2nnc(Cn3ccnc3)n2C2CC2)CC1. The Labute approximate surface area is 162 Å². The Balaban J connectivity index is 1.26. The number of carbonyl (C=O) groups is 1. The van der Waals surface area contributed by atoms with Gasteiger partial charge < -0.3 is 14.0 Å². The lowest BCUT2D eigenvalue weighted by Gasteiger charge is -2.31. The molecule has 3 aromatic rings. The second-order valence-electron chi connectivity index (χ2n) is 7.53. The van der Waals surface area contributed by atoms with Crippen LogP contribution in [-0.4, -0.2) is 63.2 Å². The van der Waals surface area contributed by atoms with Crippen molar-refractivity contribution in [2.75, 3.05) is 13.1 Å². The highest BCUT2D eigenvalue weighted by atomic mass is 16.2. The number of rotatable bonds is 6. The van der Waals surface area contributed by atoms with Crippen molar-refractivity contribution in [3.63, 3.8) is 0 Å². The number of imidazole rings is 1. The number of piperidine rings is 1. The van der Waals surface area contributed by atoms with E-state index < -0.39 is 0 Å². The van der Waals surface area contributed by atoms with Crippen molar-refractivity contribution in [2.45, 2.75) is 50.7 Å². The fraction of sp³-hybridized carbons (Fsp3) is 0.556. The Morgan fingerprint density at radius 3 is 2.50 bits per heavy atom. The van der Waals surface area contributed by atoms with Crippen molar-refractivity contribution in [3.8, 4) is 0 Å². The standard InChI is InChI=1S/C18H23N9O/c28-17(12-26-20-5-6-21-26)25-8-3-14(4-9-25)18-23-22-16(27(18)15-1-2-15)11-24-10-7-19-13-24/h5-7,10,13-15H,1-4,8-9,11-12H2. The minimum Gasteiger partial charge on any atom is -0.341 e. The van der Waals surface area contributed by atoms with E-state index >= 15 is 0 Å². The van der Waals surface area contributed by atoms with Crippen molar-refractivity contribution < 1.29 is 4.79 Å². The molecule has 0 atom stereocenters. The van der Waals surface area contributed by atoms with E-state index in [2.05, 4.69) is 29.9 Å². The van der Waals surface area contributed by atoms with Crippen LogP contribution in [0.25, 0.3) is 0 Å². The predicted molar refractivity (Wildman–Crippen MR) is 98.2 cm³/mol. The first-order chi connectivity index (χ1) is 13.8. The summed E-state index contributed by atoms with van der Waals surface area (Å²) in [4.78, 5) is 19.9. The molecule has 0 aromatic carbocycles. The molecule has 2 fully saturated rings. The highest BCUT2D eigenvalue weighted by molar-refractivity contribution is 5.75. The first-order valence-electron chi connectivity index (χ1n) is 9.79. The number of hydrogen-bond acceptors (Lipinski definition) is 6. The summed E-state index contributed by atoms with van der Waals surface area (Å²) in [7, 11) is 0. The van der Waals surface area contributed by atoms with Crippen LogP contribution in [-0.2, 0) is 17.9 Å². The predicted octanol–water partition coefficient (Wildman–Crippen LogP) is 0.855. The van der Waals surface area contributed by atoms with Gasteiger partial charge in [-0.3, -0.25) is 4.79 Å². The monoisotopic (exact) mass is 381 g/mol. The first-order valence-corrected chi connectivity index (χ1v) is 9.79. The van der Waals surface area contributed by atoms with Crippen LogP contribution in [0.3, 0.4) is 0 Å². The van der Waals surface area contributed by atoms with Crippen LogP contribution < -0.4 is 0 Å². The van der Waals surface area contributed by atoms with Crippen LogP contribution in [0, 0.1) is 0 Å². The van der Waals surface area contributed by atoms with E-state index in [0.717, 1.165) is 37.6 Å². The molecule has 0 N–H and O–H groups in total. The van der Waals surface area contributed by atoms with Crippen LogP contribution in [0.1, 0.15) is 49.3 Å². The van der Waals surface area contributed by atoms with Crippen LogP contribution in [0.2, 0.25) is 0 Å². The first kappa shape index (κ1) is 17.1. The largest absolute Gasteiger partial charge is 0.341 e. The summed E-state index contributed by atoms with van der Waals surface area (Å²) in [6.45, 7) is 2.36. The van der Waals surface area contributed by atoms with Gasteiger partial charge >= 0.3 is 0 Å². The second kappa shape index (κ2) is 7.17. The molecule has 10 heteroatoms. The summed E-state index contributed by atoms with van der Waals surface area (Å²) in [6.07, 6.45) is 12.9. The van der Waals surface area contributed by atoms with Crippen LogP contribution in [0.4, 0.5) is 0 Å². The lowest BCUT2D eigenvalue weighted by Crippen LogP contribution is -2.40. The number of likely N-dealkylation sites (tertiary alicyclic amines) is 1. The molecule has 5 rings (SSSR count). The van der Waals surface area contributed by atoms with Gasteiger partial charge in [0.15, 0.2) is 5.82 Å².